The molecule has 6 nitrogen and oxygen atoms in total. The first-order valence-electron chi connectivity index (χ1n) is 8.74. The molecule has 0 aliphatic heterocycles. The Bertz CT molecular complexity index is 1230. The zero-order valence-electron chi connectivity index (χ0n) is 14.7. The van der Waals surface area contributed by atoms with Gasteiger partial charge in [-0.3, -0.25) is 14.0 Å². The minimum Gasteiger partial charge on any atom is -0.317 e. The number of carbonyl (C=O) groups excluding carboxylic acids is 1. The summed E-state index contributed by atoms with van der Waals surface area (Å²) in [6.07, 6.45) is 1.85. The number of nitrogens with zero attached hydrogens (tertiary/aromatic N) is 3. The number of H-pyrrole nitrogens is 1. The van der Waals surface area contributed by atoms with Crippen molar-refractivity contribution in [3.05, 3.63) is 74.8 Å². The summed E-state index contributed by atoms with van der Waals surface area (Å²) in [5.41, 5.74) is 2.68. The van der Waals surface area contributed by atoms with E-state index in [1.807, 2.05) is 25.1 Å². The Kier molecular flexibility index (Phi) is 4.49. The number of rotatable bonds is 5. The number of fused-ring (bicyclic) bond motifs is 3. The number of hydrogen-bond acceptors (Lipinski definition) is 4. The van der Waals surface area contributed by atoms with E-state index in [2.05, 4.69) is 15.2 Å². The highest BCUT2D eigenvalue weighted by Gasteiger charge is 2.14. The molecule has 0 unspecified atom stereocenters. The van der Waals surface area contributed by atoms with Crippen LogP contribution in [-0.4, -0.2) is 25.4 Å². The smallest absolute Gasteiger partial charge is 0.294 e. The third-order valence-corrected chi connectivity index (χ3v) is 4.70. The Morgan fingerprint density at radius 1 is 1.19 bits per heavy atom. The number of nitrogens with one attached hydrogen (secondary N) is 1. The summed E-state index contributed by atoms with van der Waals surface area (Å²) >= 11 is 5.99. The Hall–Kier alpha value is -2.99. The van der Waals surface area contributed by atoms with Gasteiger partial charge in [0.2, 0.25) is 5.65 Å². The molecule has 0 atom stereocenters. The highest BCUT2D eigenvalue weighted by Crippen LogP contribution is 2.18. The molecule has 2 heterocycles. The average molecular weight is 381 g/mol. The normalized spacial score (nSPS) is 11.3. The van der Waals surface area contributed by atoms with Crippen LogP contribution >= 0.6 is 11.6 Å². The minimum absolute atomic E-state index is 0.0438. The Balaban J connectivity index is 1.78. The molecular weight excluding hydrogens is 364 g/mol. The van der Waals surface area contributed by atoms with Gasteiger partial charge in [-0.05, 0) is 42.3 Å². The van der Waals surface area contributed by atoms with Crippen LogP contribution < -0.4 is 5.56 Å². The van der Waals surface area contributed by atoms with Gasteiger partial charge in [0.15, 0.2) is 5.78 Å². The van der Waals surface area contributed by atoms with Crippen LogP contribution in [0.2, 0.25) is 5.02 Å². The molecule has 27 heavy (non-hydrogen) atoms. The van der Waals surface area contributed by atoms with E-state index < -0.39 is 0 Å². The van der Waals surface area contributed by atoms with Crippen LogP contribution in [0.25, 0.3) is 16.7 Å². The van der Waals surface area contributed by atoms with Gasteiger partial charge in [-0.15, -0.1) is 10.2 Å². The molecule has 2 aromatic heterocycles. The summed E-state index contributed by atoms with van der Waals surface area (Å²) in [6, 6.07) is 12.5. The van der Waals surface area contributed by atoms with E-state index in [1.54, 1.807) is 28.7 Å². The van der Waals surface area contributed by atoms with Crippen molar-refractivity contribution in [3.63, 3.8) is 0 Å². The van der Waals surface area contributed by atoms with E-state index in [0.717, 1.165) is 29.7 Å². The van der Waals surface area contributed by atoms with E-state index in [4.69, 9.17) is 11.6 Å². The standard InChI is InChI=1S/C20H17ClN4O2/c1-2-4-18-23-24-19-20(27)22-15-11-13(7-8-16(15)25(18)19)17(26)10-12-5-3-6-14(21)9-12/h3,5-9,11H,2,4,10H2,1H3,(H,22,27). The Morgan fingerprint density at radius 2 is 2.04 bits per heavy atom. The van der Waals surface area contributed by atoms with Crippen molar-refractivity contribution in [3.8, 4) is 0 Å². The monoisotopic (exact) mass is 380 g/mol. The summed E-state index contributed by atoms with van der Waals surface area (Å²) in [7, 11) is 0. The largest absolute Gasteiger partial charge is 0.317 e. The molecule has 0 saturated carbocycles. The SMILES string of the molecule is CCCc1nnc2c(=O)[nH]c3cc(C(=O)Cc4cccc(Cl)c4)ccc3n12. The second-order valence-electron chi connectivity index (χ2n) is 6.44. The van der Waals surface area contributed by atoms with Gasteiger partial charge in [0.25, 0.3) is 5.56 Å². The Labute approximate surface area is 159 Å². The predicted molar refractivity (Wildman–Crippen MR) is 105 cm³/mol. The van der Waals surface area contributed by atoms with Crippen LogP contribution in [0.5, 0.6) is 0 Å². The van der Waals surface area contributed by atoms with Crippen molar-refractivity contribution < 1.29 is 4.79 Å². The fourth-order valence-corrected chi connectivity index (χ4v) is 3.43. The highest BCUT2D eigenvalue weighted by molar-refractivity contribution is 6.30. The highest BCUT2D eigenvalue weighted by atomic mass is 35.5. The number of hydrogen-bond donors (Lipinski definition) is 1. The molecule has 0 saturated heterocycles. The maximum atomic E-state index is 12.7. The third-order valence-electron chi connectivity index (χ3n) is 4.47. The van der Waals surface area contributed by atoms with Gasteiger partial charge in [-0.1, -0.05) is 30.7 Å². The first-order valence-corrected chi connectivity index (χ1v) is 9.12. The van der Waals surface area contributed by atoms with Crippen LogP contribution in [-0.2, 0) is 12.8 Å². The second kappa shape index (κ2) is 6.96. The number of ketones is 1. The molecule has 0 radical (unpaired) electrons. The zero-order valence-corrected chi connectivity index (χ0v) is 15.5. The topological polar surface area (TPSA) is 80.1 Å². The van der Waals surface area contributed by atoms with Crippen molar-refractivity contribution in [1.82, 2.24) is 19.6 Å². The molecule has 0 fully saturated rings. The van der Waals surface area contributed by atoms with Gasteiger partial charge >= 0.3 is 0 Å². The molecule has 4 aromatic rings. The van der Waals surface area contributed by atoms with Crippen molar-refractivity contribution in [1.29, 1.82) is 0 Å². The minimum atomic E-state index is -0.322. The van der Waals surface area contributed by atoms with Crippen LogP contribution in [0.1, 0.15) is 35.1 Å². The van der Waals surface area contributed by atoms with E-state index in [0.29, 0.717) is 16.1 Å². The van der Waals surface area contributed by atoms with Gasteiger partial charge < -0.3 is 4.98 Å². The van der Waals surface area contributed by atoms with E-state index in [9.17, 15) is 9.59 Å². The first kappa shape index (κ1) is 17.4. The van der Waals surface area contributed by atoms with Gasteiger partial charge in [0.1, 0.15) is 5.82 Å². The fraction of sp³-hybridized carbons (Fsp3) is 0.200. The predicted octanol–water partition coefficient (Wildman–Crippen LogP) is 3.60. The van der Waals surface area contributed by atoms with E-state index in [-0.39, 0.29) is 23.4 Å². The molecule has 0 aliphatic carbocycles. The molecule has 0 aliphatic rings. The quantitative estimate of drug-likeness (QED) is 0.536. The third kappa shape index (κ3) is 3.24. The van der Waals surface area contributed by atoms with Crippen LogP contribution in [0.15, 0.2) is 47.3 Å². The molecule has 0 spiro atoms. The summed E-state index contributed by atoms with van der Waals surface area (Å²) < 4.78 is 1.77. The van der Waals surface area contributed by atoms with E-state index in [1.165, 1.54) is 0 Å². The number of carbonyl (C=O) groups is 1. The van der Waals surface area contributed by atoms with Crippen molar-refractivity contribution >= 4 is 34.1 Å². The summed E-state index contributed by atoms with van der Waals surface area (Å²) in [5.74, 6) is 0.694. The first-order chi connectivity index (χ1) is 13.1. The van der Waals surface area contributed by atoms with Gasteiger partial charge in [-0.2, -0.15) is 0 Å². The van der Waals surface area contributed by atoms with Crippen molar-refractivity contribution in [2.24, 2.45) is 0 Å². The molecule has 0 bridgehead atoms. The average Bonchev–Trinajstić information content (AvgIpc) is 3.06. The Morgan fingerprint density at radius 3 is 2.81 bits per heavy atom. The second-order valence-corrected chi connectivity index (χ2v) is 6.88. The van der Waals surface area contributed by atoms with Crippen LogP contribution in [0.4, 0.5) is 0 Å². The lowest BCUT2D eigenvalue weighted by Crippen LogP contribution is -2.13. The fourth-order valence-electron chi connectivity index (χ4n) is 3.22. The number of halogens is 1. The van der Waals surface area contributed by atoms with Crippen LogP contribution in [0.3, 0.4) is 0 Å². The van der Waals surface area contributed by atoms with Crippen molar-refractivity contribution in [2.75, 3.05) is 0 Å². The lowest BCUT2D eigenvalue weighted by Gasteiger charge is -2.07. The lowest BCUT2D eigenvalue weighted by atomic mass is 10.0. The number of aryl methyl sites for hydroxylation is 1. The summed E-state index contributed by atoms with van der Waals surface area (Å²) in [4.78, 5) is 27.8. The van der Waals surface area contributed by atoms with Crippen LogP contribution in [0, 0.1) is 0 Å². The van der Waals surface area contributed by atoms with Crippen molar-refractivity contribution in [2.45, 2.75) is 26.2 Å². The summed E-state index contributed by atoms with van der Waals surface area (Å²) in [6.45, 7) is 2.04. The molecule has 7 heteroatoms. The maximum Gasteiger partial charge on any atom is 0.294 e. The number of benzene rings is 2. The number of aromatic nitrogens is 4. The molecule has 4 rings (SSSR count). The van der Waals surface area contributed by atoms with E-state index >= 15 is 0 Å². The number of Topliss-reactive ketones (excluding diaryl/α,β-unsaturated/α-hetero) is 1. The molecule has 2 aromatic carbocycles. The van der Waals surface area contributed by atoms with Gasteiger partial charge in [0, 0.05) is 23.4 Å². The number of aromatic amines is 1. The molecule has 136 valence electrons. The molecular formula is C20H17ClN4O2. The molecule has 0 amide bonds. The summed E-state index contributed by atoms with van der Waals surface area (Å²) in [5, 5.41) is 8.73. The van der Waals surface area contributed by atoms with Gasteiger partial charge in [-0.25, -0.2) is 0 Å². The molecule has 1 N–H and O–H groups in total. The maximum absolute atomic E-state index is 12.7. The zero-order chi connectivity index (χ0) is 19.0. The lowest BCUT2D eigenvalue weighted by molar-refractivity contribution is 0.0993. The van der Waals surface area contributed by atoms with Gasteiger partial charge in [0.05, 0.1) is 11.0 Å².